The second-order valence-electron chi connectivity index (χ2n) is 1.51. The molecular formula is C5H5Br2NO3. The molecule has 0 radical (unpaired) electrons. The molecule has 1 amide bonds. The van der Waals surface area contributed by atoms with E-state index in [0.29, 0.717) is 0 Å². The molecule has 11 heavy (non-hydrogen) atoms. The molecule has 0 saturated heterocycles. The minimum atomic E-state index is -1.19. The van der Waals surface area contributed by atoms with Crippen molar-refractivity contribution < 1.29 is 14.7 Å². The van der Waals surface area contributed by atoms with Crippen molar-refractivity contribution in [2.24, 2.45) is 0 Å². The van der Waals surface area contributed by atoms with Gasteiger partial charge in [-0.1, -0.05) is 0 Å². The standard InChI is InChI=1S/C5H5Br2NO3/c1-8-4(9)2(6)3(7)5(10)11/h1H3,(H,8,9)(H,10,11)/b3-2-. The van der Waals surface area contributed by atoms with Crippen LogP contribution in [-0.4, -0.2) is 24.0 Å². The van der Waals surface area contributed by atoms with E-state index in [-0.39, 0.29) is 8.96 Å². The summed E-state index contributed by atoms with van der Waals surface area (Å²) in [7, 11) is 1.41. The van der Waals surface area contributed by atoms with Gasteiger partial charge in [-0.15, -0.1) is 0 Å². The van der Waals surface area contributed by atoms with Gasteiger partial charge in [-0.3, -0.25) is 4.79 Å². The number of nitrogens with one attached hydrogen (secondary N) is 1. The van der Waals surface area contributed by atoms with Crippen molar-refractivity contribution >= 4 is 43.7 Å². The SMILES string of the molecule is CNC(=O)/C(Br)=C(/Br)C(=O)O. The Bertz CT molecular complexity index is 224. The second kappa shape index (κ2) is 4.50. The Labute approximate surface area is 79.9 Å². The molecule has 4 nitrogen and oxygen atoms in total. The summed E-state index contributed by atoms with van der Waals surface area (Å²) in [5.74, 6) is -1.68. The summed E-state index contributed by atoms with van der Waals surface area (Å²) in [6.07, 6.45) is 0. The first-order valence-corrected chi connectivity index (χ1v) is 4.10. The zero-order chi connectivity index (χ0) is 9.02. The molecule has 0 rings (SSSR count). The highest BCUT2D eigenvalue weighted by Crippen LogP contribution is 2.17. The van der Waals surface area contributed by atoms with Crippen molar-refractivity contribution in [3.05, 3.63) is 8.96 Å². The lowest BCUT2D eigenvalue weighted by atomic mass is 10.5. The number of aliphatic carboxylic acids is 1. The Morgan fingerprint density at radius 2 is 1.73 bits per heavy atom. The lowest BCUT2D eigenvalue weighted by Crippen LogP contribution is -2.19. The second-order valence-corrected chi connectivity index (χ2v) is 3.10. The summed E-state index contributed by atoms with van der Waals surface area (Å²) in [6.45, 7) is 0. The molecule has 0 aliphatic heterocycles. The molecule has 0 spiro atoms. The number of carbonyl (C=O) groups excluding carboxylic acids is 1. The molecule has 0 bridgehead atoms. The molecule has 6 heteroatoms. The molecule has 0 aromatic rings. The number of halogens is 2. The summed E-state index contributed by atoms with van der Waals surface area (Å²) in [6, 6.07) is 0. The Morgan fingerprint density at radius 3 is 2.00 bits per heavy atom. The summed E-state index contributed by atoms with van der Waals surface area (Å²) < 4.78 is -0.232. The molecule has 0 aromatic carbocycles. The van der Waals surface area contributed by atoms with Gasteiger partial charge in [0.15, 0.2) is 0 Å². The fourth-order valence-electron chi connectivity index (χ4n) is 0.303. The van der Waals surface area contributed by atoms with Gasteiger partial charge < -0.3 is 10.4 Å². The molecule has 0 heterocycles. The maximum Gasteiger partial charge on any atom is 0.344 e. The van der Waals surface area contributed by atoms with Crippen molar-refractivity contribution in [3.63, 3.8) is 0 Å². The smallest absolute Gasteiger partial charge is 0.344 e. The third kappa shape index (κ3) is 3.02. The molecule has 0 aliphatic carbocycles. The molecule has 62 valence electrons. The summed E-state index contributed by atoms with van der Waals surface area (Å²) in [5.41, 5.74) is 0. The van der Waals surface area contributed by atoms with Crippen molar-refractivity contribution in [2.45, 2.75) is 0 Å². The summed E-state index contributed by atoms with van der Waals surface area (Å²) in [4.78, 5) is 21.0. The number of carboxylic acids is 1. The van der Waals surface area contributed by atoms with Crippen molar-refractivity contribution in [3.8, 4) is 0 Å². The highest BCUT2D eigenvalue weighted by atomic mass is 79.9. The van der Waals surface area contributed by atoms with Gasteiger partial charge in [0, 0.05) is 7.05 Å². The molecule has 0 aromatic heterocycles. The van der Waals surface area contributed by atoms with E-state index in [4.69, 9.17) is 5.11 Å². The van der Waals surface area contributed by atoms with E-state index in [1.54, 1.807) is 0 Å². The fourth-order valence-corrected chi connectivity index (χ4v) is 0.851. The van der Waals surface area contributed by atoms with Gasteiger partial charge in [0.05, 0.1) is 0 Å². The van der Waals surface area contributed by atoms with E-state index in [0.717, 1.165) is 0 Å². The average molecular weight is 287 g/mol. The van der Waals surface area contributed by atoms with Gasteiger partial charge in [0.1, 0.15) is 8.96 Å². The number of amides is 1. The number of hydrogen-bond acceptors (Lipinski definition) is 2. The third-order valence-electron chi connectivity index (χ3n) is 0.807. The molecule has 0 atom stereocenters. The predicted molar refractivity (Wildman–Crippen MR) is 46.6 cm³/mol. The monoisotopic (exact) mass is 285 g/mol. The lowest BCUT2D eigenvalue weighted by Gasteiger charge is -1.97. The number of likely N-dealkylation sites (N-methyl/N-ethyl adjacent to an activating group) is 1. The molecule has 0 unspecified atom stereocenters. The van der Waals surface area contributed by atoms with Gasteiger partial charge in [0.2, 0.25) is 0 Å². The molecular weight excluding hydrogens is 282 g/mol. The largest absolute Gasteiger partial charge is 0.477 e. The van der Waals surface area contributed by atoms with Crippen LogP contribution in [-0.2, 0) is 9.59 Å². The normalized spacial score (nSPS) is 11.9. The minimum Gasteiger partial charge on any atom is -0.477 e. The number of rotatable bonds is 2. The van der Waals surface area contributed by atoms with Crippen LogP contribution in [0.15, 0.2) is 8.96 Å². The van der Waals surface area contributed by atoms with E-state index in [2.05, 4.69) is 37.2 Å². The van der Waals surface area contributed by atoms with Crippen LogP contribution in [0.1, 0.15) is 0 Å². The van der Waals surface area contributed by atoms with Crippen LogP contribution in [0.2, 0.25) is 0 Å². The Kier molecular flexibility index (Phi) is 4.36. The van der Waals surface area contributed by atoms with Crippen LogP contribution in [0, 0.1) is 0 Å². The average Bonchev–Trinajstić information content (AvgIpc) is 2.00. The maximum atomic E-state index is 10.7. The molecule has 0 aliphatic rings. The van der Waals surface area contributed by atoms with E-state index in [9.17, 15) is 9.59 Å². The van der Waals surface area contributed by atoms with Crippen molar-refractivity contribution in [1.82, 2.24) is 5.32 Å². The zero-order valence-electron chi connectivity index (χ0n) is 5.52. The first-order valence-electron chi connectivity index (χ1n) is 2.51. The topological polar surface area (TPSA) is 66.4 Å². The van der Waals surface area contributed by atoms with Crippen LogP contribution in [0.5, 0.6) is 0 Å². The highest BCUT2D eigenvalue weighted by Gasteiger charge is 2.13. The Hall–Kier alpha value is -0.360. The van der Waals surface area contributed by atoms with E-state index < -0.39 is 11.9 Å². The van der Waals surface area contributed by atoms with Crippen molar-refractivity contribution in [2.75, 3.05) is 7.05 Å². The maximum absolute atomic E-state index is 10.7. The van der Waals surface area contributed by atoms with E-state index >= 15 is 0 Å². The van der Waals surface area contributed by atoms with Crippen LogP contribution in [0.3, 0.4) is 0 Å². The number of hydrogen-bond donors (Lipinski definition) is 2. The van der Waals surface area contributed by atoms with Crippen LogP contribution >= 0.6 is 31.9 Å². The Balaban J connectivity index is 4.66. The van der Waals surface area contributed by atoms with E-state index in [1.807, 2.05) is 0 Å². The molecule has 2 N–H and O–H groups in total. The van der Waals surface area contributed by atoms with E-state index in [1.165, 1.54) is 7.05 Å². The van der Waals surface area contributed by atoms with Gasteiger partial charge in [-0.25, -0.2) is 4.79 Å². The van der Waals surface area contributed by atoms with Crippen molar-refractivity contribution in [1.29, 1.82) is 0 Å². The van der Waals surface area contributed by atoms with Gasteiger partial charge in [0.25, 0.3) is 5.91 Å². The highest BCUT2D eigenvalue weighted by molar-refractivity contribution is 9.14. The Morgan fingerprint density at radius 1 is 1.27 bits per heavy atom. The van der Waals surface area contributed by atoms with Crippen LogP contribution in [0.4, 0.5) is 0 Å². The third-order valence-corrected chi connectivity index (χ3v) is 2.83. The summed E-state index contributed by atoms with van der Waals surface area (Å²) >= 11 is 5.53. The first kappa shape index (κ1) is 10.6. The lowest BCUT2D eigenvalue weighted by molar-refractivity contribution is -0.132. The number of carboxylic acid groups (broad SMARTS) is 1. The predicted octanol–water partition coefficient (Wildman–Crippen LogP) is 0.818. The van der Waals surface area contributed by atoms with Crippen LogP contribution in [0.25, 0.3) is 0 Å². The number of carbonyl (C=O) groups is 2. The quantitative estimate of drug-likeness (QED) is 0.739. The minimum absolute atomic E-state index is 0.0347. The fraction of sp³-hybridized carbons (Fsp3) is 0.200. The van der Waals surface area contributed by atoms with Gasteiger partial charge >= 0.3 is 5.97 Å². The van der Waals surface area contributed by atoms with Gasteiger partial charge in [-0.2, -0.15) is 0 Å². The molecule has 0 fully saturated rings. The van der Waals surface area contributed by atoms with Gasteiger partial charge in [-0.05, 0) is 31.9 Å². The molecule has 0 saturated carbocycles. The van der Waals surface area contributed by atoms with Crippen LogP contribution < -0.4 is 5.32 Å². The first-order chi connectivity index (χ1) is 5.00. The zero-order valence-corrected chi connectivity index (χ0v) is 8.69. The summed E-state index contributed by atoms with van der Waals surface area (Å²) in [5, 5.41) is 10.6.